The molecule has 0 aliphatic rings. The van der Waals surface area contributed by atoms with Crippen molar-refractivity contribution < 1.29 is 14.5 Å². The van der Waals surface area contributed by atoms with Crippen LogP contribution in [0, 0.1) is 10.1 Å². The van der Waals surface area contributed by atoms with Crippen molar-refractivity contribution in [1.29, 1.82) is 0 Å². The second-order valence-corrected chi connectivity index (χ2v) is 3.48. The fraction of sp³-hybridized carbons (Fsp3) is 0.300. The van der Waals surface area contributed by atoms with E-state index in [-0.39, 0.29) is 17.9 Å². The van der Waals surface area contributed by atoms with Crippen molar-refractivity contribution in [2.75, 3.05) is 6.61 Å². The number of halogens is 1. The summed E-state index contributed by atoms with van der Waals surface area (Å²) < 4.78 is 4.80. The van der Waals surface area contributed by atoms with Crippen molar-refractivity contribution in [2.45, 2.75) is 12.3 Å². The number of ether oxygens (including phenoxy) is 1. The van der Waals surface area contributed by atoms with Crippen molar-refractivity contribution in [2.24, 2.45) is 0 Å². The number of esters is 1. The number of nitrogens with zero attached hydrogens (tertiary/aromatic N) is 1. The number of benzene rings is 1. The molecule has 0 aliphatic carbocycles. The summed E-state index contributed by atoms with van der Waals surface area (Å²) in [6, 6.07) is 4.48. The molecule has 16 heavy (non-hydrogen) atoms. The minimum absolute atomic E-state index is 0.0197. The Hall–Kier alpha value is -1.43. The number of nitro benzene ring substituents is 1. The first-order chi connectivity index (χ1) is 7.61. The lowest BCUT2D eigenvalue weighted by atomic mass is 10.1. The molecule has 0 aromatic heterocycles. The van der Waals surface area contributed by atoms with Crippen molar-refractivity contribution in [3.05, 3.63) is 39.4 Å². The molecule has 86 valence electrons. The molecule has 0 radical (unpaired) electrons. The lowest BCUT2D eigenvalue weighted by Crippen LogP contribution is -2.10. The van der Waals surface area contributed by atoms with E-state index >= 15 is 0 Å². The maximum Gasteiger partial charge on any atom is 0.345 e. The summed E-state index contributed by atoms with van der Waals surface area (Å²) in [5, 5.41) is 11.1. The van der Waals surface area contributed by atoms with E-state index in [1.165, 1.54) is 12.1 Å². The molecule has 0 aliphatic heterocycles. The van der Waals surface area contributed by atoms with Gasteiger partial charge >= 0.3 is 5.97 Å². The summed E-state index contributed by atoms with van der Waals surface area (Å²) >= 11 is 3.18. The van der Waals surface area contributed by atoms with Crippen LogP contribution in [0.4, 0.5) is 5.69 Å². The summed E-state index contributed by atoms with van der Waals surface area (Å²) in [6.07, 6.45) is 0. The minimum atomic E-state index is -0.663. The number of rotatable bonds is 4. The Balaban J connectivity index is 3.30. The van der Waals surface area contributed by atoms with Crippen LogP contribution in [0.3, 0.4) is 0 Å². The van der Waals surface area contributed by atoms with Gasteiger partial charge in [-0.3, -0.25) is 10.1 Å². The quantitative estimate of drug-likeness (QED) is 0.369. The van der Waals surface area contributed by atoms with E-state index < -0.39 is 10.9 Å². The van der Waals surface area contributed by atoms with Crippen molar-refractivity contribution in [3.8, 4) is 0 Å². The molecule has 1 aromatic rings. The molecule has 0 amide bonds. The molecular formula is C10H10BrNO4. The molecule has 0 atom stereocenters. The van der Waals surface area contributed by atoms with E-state index in [2.05, 4.69) is 15.9 Å². The highest BCUT2D eigenvalue weighted by Crippen LogP contribution is 2.24. The molecule has 0 heterocycles. The highest BCUT2D eigenvalue weighted by molar-refractivity contribution is 9.08. The van der Waals surface area contributed by atoms with Crippen LogP contribution in [0.15, 0.2) is 18.2 Å². The van der Waals surface area contributed by atoms with Gasteiger partial charge in [-0.15, -0.1) is 0 Å². The zero-order valence-electron chi connectivity index (χ0n) is 8.60. The minimum Gasteiger partial charge on any atom is -0.462 e. The average molecular weight is 288 g/mol. The maximum atomic E-state index is 11.6. The number of alkyl halides is 1. The van der Waals surface area contributed by atoms with E-state index in [0.717, 1.165) is 0 Å². The molecular weight excluding hydrogens is 278 g/mol. The maximum absolute atomic E-state index is 11.6. The normalized spacial score (nSPS) is 9.88. The lowest BCUT2D eigenvalue weighted by molar-refractivity contribution is -0.385. The van der Waals surface area contributed by atoms with E-state index in [1.807, 2.05) is 0 Å². The van der Waals surface area contributed by atoms with Crippen LogP contribution in [0.1, 0.15) is 22.8 Å². The van der Waals surface area contributed by atoms with Crippen LogP contribution in [-0.2, 0) is 10.1 Å². The van der Waals surface area contributed by atoms with Gasteiger partial charge in [0.05, 0.1) is 11.5 Å². The first-order valence-electron chi connectivity index (χ1n) is 4.61. The zero-order valence-corrected chi connectivity index (χ0v) is 10.2. The summed E-state index contributed by atoms with van der Waals surface area (Å²) in [7, 11) is 0. The van der Waals surface area contributed by atoms with Gasteiger partial charge in [-0.25, -0.2) is 4.79 Å². The van der Waals surface area contributed by atoms with E-state index in [0.29, 0.717) is 10.9 Å². The Morgan fingerprint density at radius 2 is 2.25 bits per heavy atom. The van der Waals surface area contributed by atoms with Crippen LogP contribution >= 0.6 is 15.9 Å². The van der Waals surface area contributed by atoms with E-state index in [4.69, 9.17) is 4.74 Å². The Morgan fingerprint density at radius 3 is 2.75 bits per heavy atom. The molecule has 1 rings (SSSR count). The smallest absolute Gasteiger partial charge is 0.345 e. The molecule has 5 nitrogen and oxygen atoms in total. The van der Waals surface area contributed by atoms with Gasteiger partial charge in [0.2, 0.25) is 0 Å². The summed E-state index contributed by atoms with van der Waals surface area (Å²) in [6.45, 7) is 1.84. The van der Waals surface area contributed by atoms with Crippen molar-refractivity contribution in [3.63, 3.8) is 0 Å². The zero-order chi connectivity index (χ0) is 12.1. The standard InChI is InChI=1S/C10H10BrNO4/c1-2-16-10(13)9-7(6-11)4-3-5-8(9)12(14)15/h3-5H,2,6H2,1H3. The van der Waals surface area contributed by atoms with E-state index in [1.54, 1.807) is 13.0 Å². The molecule has 1 aromatic carbocycles. The van der Waals surface area contributed by atoms with Gasteiger partial charge in [-0.2, -0.15) is 0 Å². The first-order valence-corrected chi connectivity index (χ1v) is 5.73. The molecule has 6 heteroatoms. The molecule has 0 unspecified atom stereocenters. The van der Waals surface area contributed by atoms with Crippen LogP contribution in [0.5, 0.6) is 0 Å². The van der Waals surface area contributed by atoms with Crippen LogP contribution < -0.4 is 0 Å². The van der Waals surface area contributed by atoms with Gasteiger partial charge in [0, 0.05) is 11.4 Å². The predicted molar refractivity (Wildman–Crippen MR) is 61.7 cm³/mol. The number of carbonyl (C=O) groups excluding carboxylic acids is 1. The third-order valence-electron chi connectivity index (χ3n) is 1.95. The van der Waals surface area contributed by atoms with Crippen molar-refractivity contribution >= 4 is 27.6 Å². The van der Waals surface area contributed by atoms with Crippen molar-refractivity contribution in [1.82, 2.24) is 0 Å². The first kappa shape index (κ1) is 12.6. The van der Waals surface area contributed by atoms with Gasteiger partial charge in [-0.1, -0.05) is 28.1 Å². The Morgan fingerprint density at radius 1 is 1.56 bits per heavy atom. The van der Waals surface area contributed by atoms with Crippen LogP contribution in [0.2, 0.25) is 0 Å². The number of hydrogen-bond acceptors (Lipinski definition) is 4. The molecule has 0 N–H and O–H groups in total. The Bertz CT molecular complexity index is 419. The van der Waals surface area contributed by atoms with E-state index in [9.17, 15) is 14.9 Å². The molecule has 0 bridgehead atoms. The van der Waals surface area contributed by atoms with Gasteiger partial charge in [0.15, 0.2) is 0 Å². The second-order valence-electron chi connectivity index (χ2n) is 2.92. The number of nitro groups is 1. The van der Waals surface area contributed by atoms with Gasteiger partial charge in [0.1, 0.15) is 5.56 Å². The fourth-order valence-electron chi connectivity index (χ4n) is 1.29. The SMILES string of the molecule is CCOC(=O)c1c(CBr)cccc1[N+](=O)[O-]. The summed E-state index contributed by atoms with van der Waals surface area (Å²) in [4.78, 5) is 21.8. The third-order valence-corrected chi connectivity index (χ3v) is 2.55. The lowest BCUT2D eigenvalue weighted by Gasteiger charge is -2.06. The molecule has 0 saturated carbocycles. The number of hydrogen-bond donors (Lipinski definition) is 0. The highest BCUT2D eigenvalue weighted by atomic mass is 79.9. The van der Waals surface area contributed by atoms with Gasteiger partial charge in [0.25, 0.3) is 5.69 Å². The Labute approximate surface area is 101 Å². The Kier molecular flexibility index (Phi) is 4.42. The third kappa shape index (κ3) is 2.57. The average Bonchev–Trinajstić information content (AvgIpc) is 2.28. The highest BCUT2D eigenvalue weighted by Gasteiger charge is 2.24. The monoisotopic (exact) mass is 287 g/mol. The molecule has 0 fully saturated rings. The molecule has 0 saturated heterocycles. The summed E-state index contributed by atoms with van der Waals surface area (Å²) in [5.41, 5.74) is 0.342. The second kappa shape index (κ2) is 5.60. The van der Waals surface area contributed by atoms with Gasteiger partial charge in [-0.05, 0) is 12.5 Å². The molecule has 0 spiro atoms. The van der Waals surface area contributed by atoms with Gasteiger partial charge < -0.3 is 4.74 Å². The van der Waals surface area contributed by atoms with Crippen LogP contribution in [0.25, 0.3) is 0 Å². The summed E-state index contributed by atoms with van der Waals surface area (Å²) in [5.74, 6) is -0.663. The topological polar surface area (TPSA) is 69.4 Å². The number of carbonyl (C=O) groups is 1. The fourth-order valence-corrected chi connectivity index (χ4v) is 1.76. The predicted octanol–water partition coefficient (Wildman–Crippen LogP) is 2.67. The van der Waals surface area contributed by atoms with Crippen LogP contribution in [-0.4, -0.2) is 17.5 Å². The largest absolute Gasteiger partial charge is 0.462 e.